The molecular weight excluding hydrogens is 442 g/mol. The maximum absolute atomic E-state index is 13.5. The largest absolute Gasteiger partial charge is 0.481 e. The van der Waals surface area contributed by atoms with Gasteiger partial charge in [0.25, 0.3) is 0 Å². The lowest BCUT2D eigenvalue weighted by Gasteiger charge is -2.58. The van der Waals surface area contributed by atoms with E-state index in [1.165, 1.54) is 0 Å². The fourth-order valence-corrected chi connectivity index (χ4v) is 9.32. The molecule has 9 atom stereocenters. The van der Waals surface area contributed by atoms with Crippen molar-refractivity contribution in [1.82, 2.24) is 4.90 Å². The number of ether oxygens (including phenoxy) is 2. The average molecular weight is 486 g/mol. The Labute approximate surface area is 210 Å². The zero-order valence-corrected chi connectivity index (χ0v) is 22.1. The molecule has 194 valence electrons. The molecule has 35 heavy (non-hydrogen) atoms. The highest BCUT2D eigenvalue weighted by Gasteiger charge is 2.84. The Morgan fingerprint density at radius 1 is 1.34 bits per heavy atom. The van der Waals surface area contributed by atoms with Crippen LogP contribution in [0.4, 0.5) is 0 Å². The first-order valence-corrected chi connectivity index (χ1v) is 13.6. The van der Waals surface area contributed by atoms with Crippen molar-refractivity contribution in [3.63, 3.8) is 0 Å². The minimum atomic E-state index is -1.19. The number of carboxylic acids is 1. The zero-order valence-electron chi connectivity index (χ0n) is 22.1. The van der Waals surface area contributed by atoms with Crippen LogP contribution in [0, 0.1) is 45.8 Å². The highest BCUT2D eigenvalue weighted by Crippen LogP contribution is 2.82. The third-order valence-electron chi connectivity index (χ3n) is 10.7. The third kappa shape index (κ3) is 3.18. The van der Waals surface area contributed by atoms with Crippen LogP contribution in [0.3, 0.4) is 0 Å². The molecule has 4 bridgehead atoms. The molecule has 0 amide bonds. The summed E-state index contributed by atoms with van der Waals surface area (Å²) in [6, 6.07) is 0.282. The van der Waals surface area contributed by atoms with Crippen molar-refractivity contribution in [2.75, 3.05) is 26.3 Å². The third-order valence-corrected chi connectivity index (χ3v) is 10.7. The predicted octanol–water partition coefficient (Wildman–Crippen LogP) is 4.55. The van der Waals surface area contributed by atoms with Gasteiger partial charge in [-0.25, -0.2) is 0 Å². The van der Waals surface area contributed by atoms with Gasteiger partial charge < -0.3 is 19.4 Å². The minimum absolute atomic E-state index is 0.0491. The van der Waals surface area contributed by atoms with E-state index in [2.05, 4.69) is 45.2 Å². The molecule has 3 unspecified atom stereocenters. The van der Waals surface area contributed by atoms with Crippen LogP contribution in [0.15, 0.2) is 23.8 Å². The van der Waals surface area contributed by atoms with Crippen LogP contribution in [0.1, 0.15) is 60.3 Å². The van der Waals surface area contributed by atoms with Gasteiger partial charge in [0.2, 0.25) is 0 Å². The van der Waals surface area contributed by atoms with E-state index in [9.17, 15) is 14.7 Å². The Balaban J connectivity index is 1.52. The van der Waals surface area contributed by atoms with Gasteiger partial charge in [-0.15, -0.1) is 0 Å². The van der Waals surface area contributed by atoms with Crippen LogP contribution in [-0.2, 0) is 19.1 Å². The van der Waals surface area contributed by atoms with Crippen LogP contribution < -0.4 is 0 Å². The number of carbonyl (C=O) groups is 2. The van der Waals surface area contributed by atoms with Gasteiger partial charge in [0, 0.05) is 18.0 Å². The van der Waals surface area contributed by atoms with Gasteiger partial charge in [0.15, 0.2) is 6.29 Å². The zero-order chi connectivity index (χ0) is 25.3. The molecule has 1 aliphatic heterocycles. The molecule has 5 aliphatic rings. The van der Waals surface area contributed by atoms with E-state index in [0.717, 1.165) is 43.2 Å². The number of carbonyl (C=O) groups excluding carboxylic acids is 1. The van der Waals surface area contributed by atoms with E-state index in [1.807, 2.05) is 6.92 Å². The molecule has 0 spiro atoms. The van der Waals surface area contributed by atoms with Gasteiger partial charge in [0.05, 0.1) is 25.2 Å². The van der Waals surface area contributed by atoms with E-state index in [4.69, 9.17) is 9.47 Å². The van der Waals surface area contributed by atoms with Gasteiger partial charge in [0.1, 0.15) is 11.7 Å². The van der Waals surface area contributed by atoms with Gasteiger partial charge >= 0.3 is 5.97 Å². The van der Waals surface area contributed by atoms with E-state index in [-0.39, 0.29) is 23.8 Å². The fourth-order valence-electron chi connectivity index (χ4n) is 9.32. The smallest absolute Gasteiger partial charge is 0.315 e. The molecular formula is C29H43NO5. The molecule has 5 rings (SSSR count). The average Bonchev–Trinajstić information content (AvgIpc) is 3.36. The van der Waals surface area contributed by atoms with Gasteiger partial charge in [-0.1, -0.05) is 51.0 Å². The van der Waals surface area contributed by atoms with Gasteiger partial charge in [-0.05, 0) is 62.7 Å². The SMILES string of the molecule is C=C(C)CN1C[C@H](OCC23C[C@@H]4[C@H](C)CC[C@H]4C4(C=O)CC2C=C(C(C)C)[C@@]34C(=O)O)OC[C@H]1C. The van der Waals surface area contributed by atoms with E-state index >= 15 is 0 Å². The van der Waals surface area contributed by atoms with Crippen LogP contribution >= 0.6 is 0 Å². The molecule has 6 heteroatoms. The Morgan fingerprint density at radius 3 is 2.71 bits per heavy atom. The normalized spacial score (nSPS) is 46.5. The lowest BCUT2D eigenvalue weighted by atomic mass is 9.43. The minimum Gasteiger partial charge on any atom is -0.481 e. The highest BCUT2D eigenvalue weighted by molar-refractivity contribution is 5.90. The molecule has 0 aromatic rings. The summed E-state index contributed by atoms with van der Waals surface area (Å²) in [6.45, 7) is 17.0. The van der Waals surface area contributed by atoms with Crippen LogP contribution in [-0.4, -0.2) is 60.9 Å². The Hall–Kier alpha value is -1.50. The summed E-state index contributed by atoms with van der Waals surface area (Å²) in [5.41, 5.74) is -0.583. The second-order valence-electron chi connectivity index (χ2n) is 12.8. The first-order valence-electron chi connectivity index (χ1n) is 13.6. The first kappa shape index (κ1) is 25.2. The second kappa shape index (κ2) is 8.53. The quantitative estimate of drug-likeness (QED) is 0.402. The lowest BCUT2D eigenvalue weighted by Crippen LogP contribution is -2.64. The summed E-state index contributed by atoms with van der Waals surface area (Å²) in [4.78, 5) is 29.0. The Morgan fingerprint density at radius 2 is 2.09 bits per heavy atom. The number of aliphatic carboxylic acids is 1. The Bertz CT molecular complexity index is 943. The van der Waals surface area contributed by atoms with Crippen LogP contribution in [0.25, 0.3) is 0 Å². The predicted molar refractivity (Wildman–Crippen MR) is 134 cm³/mol. The summed E-state index contributed by atoms with van der Waals surface area (Å²) in [5.74, 6) is 0.310. The number of hydrogen-bond donors (Lipinski definition) is 1. The number of aldehydes is 1. The molecule has 1 heterocycles. The summed E-state index contributed by atoms with van der Waals surface area (Å²) in [5, 5.41) is 11.1. The molecule has 0 aromatic heterocycles. The standard InChI is InChI=1S/C29H43NO5/c1-17(2)12-30-13-25(34-14-20(30)6)35-16-28-11-22-19(5)7-8-23(22)27(15-31)10-21(28)9-24(18(3)4)29(27,28)26(32)33/h9,15,18-23,25H,1,7-8,10-14,16H2,2-6H3,(H,32,33)/t19-,20-,21?,22-,23-,25+,27?,28?,29+/m1/s1. The molecule has 1 saturated heterocycles. The summed E-state index contributed by atoms with van der Waals surface area (Å²) >= 11 is 0. The number of rotatable bonds is 8. The molecule has 4 fully saturated rings. The lowest BCUT2D eigenvalue weighted by molar-refractivity contribution is -0.227. The van der Waals surface area contributed by atoms with Gasteiger partial charge in [-0.2, -0.15) is 0 Å². The van der Waals surface area contributed by atoms with Crippen molar-refractivity contribution < 1.29 is 24.2 Å². The molecule has 1 N–H and O–H groups in total. The van der Waals surface area contributed by atoms with E-state index < -0.39 is 28.5 Å². The fraction of sp³-hybridized carbons (Fsp3) is 0.793. The number of morpholine rings is 1. The highest BCUT2D eigenvalue weighted by atomic mass is 16.7. The van der Waals surface area contributed by atoms with Crippen molar-refractivity contribution >= 4 is 12.3 Å². The first-order chi connectivity index (χ1) is 16.5. The second-order valence-corrected chi connectivity index (χ2v) is 12.8. The monoisotopic (exact) mass is 485 g/mol. The number of fused-ring (bicyclic) bond motifs is 2. The molecule has 0 radical (unpaired) electrons. The topological polar surface area (TPSA) is 76.1 Å². The van der Waals surface area contributed by atoms with Crippen LogP contribution in [0.2, 0.25) is 0 Å². The van der Waals surface area contributed by atoms with Crippen molar-refractivity contribution in [2.24, 2.45) is 45.8 Å². The van der Waals surface area contributed by atoms with E-state index in [1.54, 1.807) is 0 Å². The molecule has 4 aliphatic carbocycles. The molecule has 3 saturated carbocycles. The summed E-state index contributed by atoms with van der Waals surface area (Å²) in [6.07, 6.45) is 6.38. The van der Waals surface area contributed by atoms with Crippen LogP contribution in [0.5, 0.6) is 0 Å². The maximum Gasteiger partial charge on any atom is 0.315 e. The number of nitrogens with zero attached hydrogens (tertiary/aromatic N) is 1. The summed E-state index contributed by atoms with van der Waals surface area (Å²) < 4.78 is 12.6. The van der Waals surface area contributed by atoms with Crippen molar-refractivity contribution in [2.45, 2.75) is 72.6 Å². The number of carboxylic acid groups (broad SMARTS) is 1. The molecule has 0 aromatic carbocycles. The van der Waals surface area contributed by atoms with E-state index in [0.29, 0.717) is 38.0 Å². The Kier molecular flexibility index (Phi) is 6.13. The maximum atomic E-state index is 13.5. The number of allylic oxidation sites excluding steroid dienone is 1. The van der Waals surface area contributed by atoms with Gasteiger partial charge in [-0.3, -0.25) is 9.69 Å². The molecule has 6 nitrogen and oxygen atoms in total. The number of hydrogen-bond acceptors (Lipinski definition) is 5. The van der Waals surface area contributed by atoms with Crippen molar-refractivity contribution in [3.05, 3.63) is 23.8 Å². The van der Waals surface area contributed by atoms with Crippen molar-refractivity contribution in [1.29, 1.82) is 0 Å². The van der Waals surface area contributed by atoms with Crippen molar-refractivity contribution in [3.8, 4) is 0 Å². The summed E-state index contributed by atoms with van der Waals surface area (Å²) in [7, 11) is 0.